The number of amides is 1. The van der Waals surface area contributed by atoms with Crippen molar-refractivity contribution in [3.05, 3.63) is 11.8 Å². The maximum absolute atomic E-state index is 12.1. The van der Waals surface area contributed by atoms with Gasteiger partial charge in [0, 0.05) is 43.4 Å². The Hall–Kier alpha value is -1.72. The molecule has 6 heteroatoms. The van der Waals surface area contributed by atoms with Crippen LogP contribution in [-0.2, 0) is 10.2 Å². The zero-order valence-corrected chi connectivity index (χ0v) is 14.0. The molecule has 0 spiro atoms. The van der Waals surface area contributed by atoms with Crippen LogP contribution >= 0.6 is 0 Å². The summed E-state index contributed by atoms with van der Waals surface area (Å²) in [5.74, 6) is 0.993. The molecular formula is C16H26N4O2. The molecule has 2 heterocycles. The third-order valence-electron chi connectivity index (χ3n) is 4.47. The lowest BCUT2D eigenvalue weighted by Gasteiger charge is -2.35. The fourth-order valence-corrected chi connectivity index (χ4v) is 2.68. The van der Waals surface area contributed by atoms with Crippen LogP contribution < -0.4 is 4.90 Å². The molecule has 6 nitrogen and oxygen atoms in total. The molecule has 2 fully saturated rings. The average Bonchev–Trinajstić information content (AvgIpc) is 3.01. The van der Waals surface area contributed by atoms with Crippen LogP contribution in [0.2, 0.25) is 0 Å². The number of ether oxygens (including phenoxy) is 1. The monoisotopic (exact) mass is 306 g/mol. The molecule has 1 amide bonds. The fourth-order valence-electron chi connectivity index (χ4n) is 2.68. The number of hydrogen-bond donors (Lipinski definition) is 1. The minimum Gasteiger partial charge on any atom is -0.444 e. The van der Waals surface area contributed by atoms with Gasteiger partial charge in [-0.05, 0) is 33.6 Å². The molecule has 1 saturated heterocycles. The van der Waals surface area contributed by atoms with Crippen LogP contribution in [0.5, 0.6) is 0 Å². The number of anilines is 1. The smallest absolute Gasteiger partial charge is 0.410 e. The molecule has 1 aromatic heterocycles. The number of aromatic nitrogens is 2. The number of aromatic amines is 1. The van der Waals surface area contributed by atoms with E-state index in [-0.39, 0.29) is 6.09 Å². The van der Waals surface area contributed by atoms with Crippen LogP contribution in [0, 0.1) is 0 Å². The van der Waals surface area contributed by atoms with Gasteiger partial charge in [0.2, 0.25) is 0 Å². The first-order chi connectivity index (χ1) is 10.3. The van der Waals surface area contributed by atoms with Crippen LogP contribution in [0.3, 0.4) is 0 Å². The molecule has 2 aliphatic rings. The number of H-pyrrole nitrogens is 1. The van der Waals surface area contributed by atoms with E-state index in [0.717, 1.165) is 18.9 Å². The summed E-state index contributed by atoms with van der Waals surface area (Å²) in [7, 11) is 0. The molecule has 22 heavy (non-hydrogen) atoms. The van der Waals surface area contributed by atoms with Gasteiger partial charge in [0.25, 0.3) is 0 Å². The van der Waals surface area contributed by atoms with Gasteiger partial charge in [-0.1, -0.05) is 6.92 Å². The number of carbonyl (C=O) groups is 1. The van der Waals surface area contributed by atoms with Gasteiger partial charge >= 0.3 is 6.09 Å². The van der Waals surface area contributed by atoms with E-state index < -0.39 is 5.60 Å². The van der Waals surface area contributed by atoms with Crippen LogP contribution in [0.4, 0.5) is 10.6 Å². The highest BCUT2D eigenvalue weighted by molar-refractivity contribution is 5.68. The average molecular weight is 306 g/mol. The Balaban J connectivity index is 1.55. The van der Waals surface area contributed by atoms with E-state index in [4.69, 9.17) is 4.74 Å². The lowest BCUT2D eigenvalue weighted by molar-refractivity contribution is 0.0240. The second-order valence-corrected chi connectivity index (χ2v) is 7.65. The highest BCUT2D eigenvalue weighted by Gasteiger charge is 2.41. The van der Waals surface area contributed by atoms with E-state index in [9.17, 15) is 4.79 Å². The molecule has 1 aromatic rings. The predicted octanol–water partition coefficient (Wildman–Crippen LogP) is 2.52. The summed E-state index contributed by atoms with van der Waals surface area (Å²) >= 11 is 0. The summed E-state index contributed by atoms with van der Waals surface area (Å²) in [5.41, 5.74) is 1.10. The predicted molar refractivity (Wildman–Crippen MR) is 85.2 cm³/mol. The van der Waals surface area contributed by atoms with Crippen molar-refractivity contribution in [1.29, 1.82) is 0 Å². The molecule has 1 saturated carbocycles. The maximum atomic E-state index is 12.1. The Kier molecular flexibility index (Phi) is 3.57. The molecule has 0 unspecified atom stereocenters. The van der Waals surface area contributed by atoms with Crippen LogP contribution in [0.25, 0.3) is 0 Å². The molecular weight excluding hydrogens is 280 g/mol. The minimum absolute atomic E-state index is 0.222. The van der Waals surface area contributed by atoms with Crippen LogP contribution in [0.1, 0.15) is 46.2 Å². The number of carbonyl (C=O) groups excluding carboxylic acids is 1. The van der Waals surface area contributed by atoms with Gasteiger partial charge in [0.05, 0.1) is 0 Å². The molecule has 1 aliphatic heterocycles. The largest absolute Gasteiger partial charge is 0.444 e. The number of rotatable bonds is 2. The zero-order valence-electron chi connectivity index (χ0n) is 14.0. The standard InChI is InChI=1S/C16H26N4O2/c1-15(2,3)22-14(21)20-9-7-19(8-10-20)13-11-12(17-18-13)16(4)5-6-16/h11H,5-10H2,1-4H3,(H,17,18). The molecule has 122 valence electrons. The van der Waals surface area contributed by atoms with Gasteiger partial charge in [0.1, 0.15) is 5.60 Å². The van der Waals surface area contributed by atoms with Crippen molar-refractivity contribution in [2.24, 2.45) is 0 Å². The van der Waals surface area contributed by atoms with E-state index in [1.165, 1.54) is 18.5 Å². The Bertz CT molecular complexity index is 549. The summed E-state index contributed by atoms with van der Waals surface area (Å²) in [6, 6.07) is 2.16. The third-order valence-corrected chi connectivity index (χ3v) is 4.47. The van der Waals surface area contributed by atoms with E-state index >= 15 is 0 Å². The number of piperazine rings is 1. The Morgan fingerprint density at radius 3 is 2.45 bits per heavy atom. The van der Waals surface area contributed by atoms with Crippen molar-refractivity contribution in [3.8, 4) is 0 Å². The van der Waals surface area contributed by atoms with Gasteiger partial charge in [-0.15, -0.1) is 0 Å². The van der Waals surface area contributed by atoms with E-state index in [1.54, 1.807) is 4.90 Å². The van der Waals surface area contributed by atoms with Crippen molar-refractivity contribution in [3.63, 3.8) is 0 Å². The zero-order chi connectivity index (χ0) is 16.0. The van der Waals surface area contributed by atoms with Gasteiger partial charge in [-0.25, -0.2) is 4.79 Å². The van der Waals surface area contributed by atoms with E-state index in [0.29, 0.717) is 18.5 Å². The van der Waals surface area contributed by atoms with E-state index in [2.05, 4.69) is 28.1 Å². The fraction of sp³-hybridized carbons (Fsp3) is 0.750. The first-order valence-corrected chi connectivity index (χ1v) is 8.06. The van der Waals surface area contributed by atoms with Crippen molar-refractivity contribution in [2.75, 3.05) is 31.1 Å². The van der Waals surface area contributed by atoms with Crippen molar-refractivity contribution < 1.29 is 9.53 Å². The van der Waals surface area contributed by atoms with Gasteiger partial charge in [-0.2, -0.15) is 5.10 Å². The van der Waals surface area contributed by atoms with Crippen molar-refractivity contribution >= 4 is 11.9 Å². The van der Waals surface area contributed by atoms with Crippen LogP contribution in [0.15, 0.2) is 6.07 Å². The molecule has 3 rings (SSSR count). The molecule has 0 radical (unpaired) electrons. The highest BCUT2D eigenvalue weighted by Crippen LogP contribution is 2.47. The number of nitrogens with zero attached hydrogens (tertiary/aromatic N) is 3. The molecule has 0 aromatic carbocycles. The number of nitrogens with one attached hydrogen (secondary N) is 1. The number of hydrogen-bond acceptors (Lipinski definition) is 4. The summed E-state index contributed by atoms with van der Waals surface area (Å²) in [6.45, 7) is 10.9. The first kappa shape index (κ1) is 15.2. The van der Waals surface area contributed by atoms with E-state index in [1.807, 2.05) is 20.8 Å². The third kappa shape index (κ3) is 3.20. The SMILES string of the molecule is CC(C)(C)OC(=O)N1CCN(c2cc(C3(C)CC3)[nH]n2)CC1. The van der Waals surface area contributed by atoms with Crippen molar-refractivity contribution in [1.82, 2.24) is 15.1 Å². The second kappa shape index (κ2) is 5.18. The molecule has 0 bridgehead atoms. The van der Waals surface area contributed by atoms with Crippen molar-refractivity contribution in [2.45, 2.75) is 51.6 Å². The topological polar surface area (TPSA) is 61.5 Å². The minimum atomic E-state index is -0.439. The Labute approximate surface area is 131 Å². The Morgan fingerprint density at radius 2 is 1.91 bits per heavy atom. The quantitative estimate of drug-likeness (QED) is 0.912. The second-order valence-electron chi connectivity index (χ2n) is 7.65. The first-order valence-electron chi connectivity index (χ1n) is 8.06. The van der Waals surface area contributed by atoms with Gasteiger partial charge in [-0.3, -0.25) is 5.10 Å². The van der Waals surface area contributed by atoms with Gasteiger partial charge < -0.3 is 14.5 Å². The lowest BCUT2D eigenvalue weighted by Crippen LogP contribution is -2.50. The maximum Gasteiger partial charge on any atom is 0.410 e. The Morgan fingerprint density at radius 1 is 1.27 bits per heavy atom. The molecule has 1 aliphatic carbocycles. The van der Waals surface area contributed by atoms with Gasteiger partial charge in [0.15, 0.2) is 5.82 Å². The van der Waals surface area contributed by atoms with Crippen LogP contribution in [-0.4, -0.2) is 53.0 Å². The molecule has 1 N–H and O–H groups in total. The molecule has 0 atom stereocenters. The normalized spacial score (nSPS) is 20.9. The highest BCUT2D eigenvalue weighted by atomic mass is 16.6. The summed E-state index contributed by atoms with van der Waals surface area (Å²) < 4.78 is 5.42. The summed E-state index contributed by atoms with van der Waals surface area (Å²) in [5, 5.41) is 7.62. The summed E-state index contributed by atoms with van der Waals surface area (Å²) in [4.78, 5) is 16.1. The lowest BCUT2D eigenvalue weighted by atomic mass is 10.1. The summed E-state index contributed by atoms with van der Waals surface area (Å²) in [6.07, 6.45) is 2.25.